The molecule has 0 amide bonds. The Labute approximate surface area is 122 Å². The summed E-state index contributed by atoms with van der Waals surface area (Å²) in [6.45, 7) is 7.21. The Morgan fingerprint density at radius 3 is 2.90 bits per heavy atom. The molecule has 0 saturated carbocycles. The van der Waals surface area contributed by atoms with Crippen LogP contribution >= 0.6 is 0 Å². The quantitative estimate of drug-likeness (QED) is 0.895. The molecule has 1 aromatic rings. The van der Waals surface area contributed by atoms with Gasteiger partial charge in [-0.3, -0.25) is 0 Å². The van der Waals surface area contributed by atoms with Crippen molar-refractivity contribution < 1.29 is 4.74 Å². The van der Waals surface area contributed by atoms with E-state index >= 15 is 0 Å². The van der Waals surface area contributed by atoms with E-state index in [0.717, 1.165) is 31.2 Å². The first-order valence-electron chi connectivity index (χ1n) is 7.88. The molecule has 1 fully saturated rings. The lowest BCUT2D eigenvalue weighted by Crippen LogP contribution is -2.25. The molecule has 2 N–H and O–H groups in total. The Bertz CT molecular complexity index is 422. The molecule has 4 heteroatoms. The molecule has 4 nitrogen and oxygen atoms in total. The largest absolute Gasteiger partial charge is 0.476 e. The van der Waals surface area contributed by atoms with Crippen LogP contribution in [-0.2, 0) is 0 Å². The van der Waals surface area contributed by atoms with E-state index in [9.17, 15) is 0 Å². The maximum Gasteiger partial charge on any atom is 0.239 e. The van der Waals surface area contributed by atoms with E-state index in [1.807, 2.05) is 12.1 Å². The van der Waals surface area contributed by atoms with Gasteiger partial charge in [0.05, 0.1) is 12.3 Å². The Kier molecular flexibility index (Phi) is 5.50. The number of hydrogen-bond donors (Lipinski definition) is 1. The molecule has 1 aliphatic rings. The van der Waals surface area contributed by atoms with Crippen LogP contribution < -0.4 is 15.4 Å². The normalized spacial score (nSPS) is 19.7. The molecular formula is C16H27N3O. The molecule has 0 radical (unpaired) electrons. The maximum atomic E-state index is 5.93. The molecule has 1 aromatic heterocycles. The summed E-state index contributed by atoms with van der Waals surface area (Å²) in [6.07, 6.45) is 6.09. The average Bonchev–Trinajstić information content (AvgIpc) is 2.72. The minimum atomic E-state index is 0.584. The molecule has 20 heavy (non-hydrogen) atoms. The number of ether oxygens (including phenoxy) is 1. The molecule has 0 aliphatic carbocycles. The van der Waals surface area contributed by atoms with E-state index in [4.69, 9.17) is 10.5 Å². The van der Waals surface area contributed by atoms with Gasteiger partial charge in [0.25, 0.3) is 0 Å². The number of nitrogen functional groups attached to an aromatic ring is 1. The van der Waals surface area contributed by atoms with Crippen molar-refractivity contribution in [1.29, 1.82) is 0 Å². The number of anilines is 2. The zero-order valence-corrected chi connectivity index (χ0v) is 12.8. The fourth-order valence-electron chi connectivity index (χ4n) is 2.73. The first-order chi connectivity index (χ1) is 9.74. The third-order valence-corrected chi connectivity index (χ3v) is 4.07. The molecular weight excluding hydrogens is 250 g/mol. The van der Waals surface area contributed by atoms with Crippen molar-refractivity contribution in [1.82, 2.24) is 4.98 Å². The predicted octanol–water partition coefficient (Wildman–Crippen LogP) is 3.47. The summed E-state index contributed by atoms with van der Waals surface area (Å²) in [5.41, 5.74) is 6.56. The van der Waals surface area contributed by atoms with Crippen molar-refractivity contribution in [3.63, 3.8) is 0 Å². The highest BCUT2D eigenvalue weighted by atomic mass is 16.5. The van der Waals surface area contributed by atoms with Crippen LogP contribution in [0.1, 0.15) is 46.0 Å². The Hall–Kier alpha value is -1.45. The van der Waals surface area contributed by atoms with Crippen molar-refractivity contribution in [2.75, 3.05) is 30.3 Å². The second kappa shape index (κ2) is 7.36. The summed E-state index contributed by atoms with van der Waals surface area (Å²) >= 11 is 0. The number of nitrogens with zero attached hydrogens (tertiary/aromatic N) is 2. The third-order valence-electron chi connectivity index (χ3n) is 4.07. The second-order valence-electron chi connectivity index (χ2n) is 5.60. The van der Waals surface area contributed by atoms with Crippen LogP contribution in [0.5, 0.6) is 5.88 Å². The second-order valence-corrected chi connectivity index (χ2v) is 5.60. The Balaban J connectivity index is 2.07. The summed E-state index contributed by atoms with van der Waals surface area (Å²) < 4.78 is 5.63. The van der Waals surface area contributed by atoms with Gasteiger partial charge in [0.2, 0.25) is 5.88 Å². The molecule has 2 heterocycles. The Morgan fingerprint density at radius 1 is 1.30 bits per heavy atom. The highest BCUT2D eigenvalue weighted by molar-refractivity contribution is 5.54. The van der Waals surface area contributed by atoms with E-state index in [2.05, 4.69) is 23.7 Å². The molecule has 0 bridgehead atoms. The summed E-state index contributed by atoms with van der Waals surface area (Å²) in [5, 5.41) is 0. The van der Waals surface area contributed by atoms with Crippen LogP contribution in [0.25, 0.3) is 0 Å². The fourth-order valence-corrected chi connectivity index (χ4v) is 2.73. The van der Waals surface area contributed by atoms with Crippen LogP contribution in [0.15, 0.2) is 12.1 Å². The van der Waals surface area contributed by atoms with E-state index in [1.165, 1.54) is 25.7 Å². The lowest BCUT2D eigenvalue weighted by molar-refractivity contribution is 0.307. The highest BCUT2D eigenvalue weighted by Gasteiger charge is 2.17. The number of rotatable bonds is 5. The summed E-state index contributed by atoms with van der Waals surface area (Å²) in [7, 11) is 0. The molecule has 1 aliphatic heterocycles. The monoisotopic (exact) mass is 277 g/mol. The van der Waals surface area contributed by atoms with Crippen molar-refractivity contribution >= 4 is 11.5 Å². The van der Waals surface area contributed by atoms with Crippen LogP contribution in [0.2, 0.25) is 0 Å². The third kappa shape index (κ3) is 3.78. The number of aromatic nitrogens is 1. The summed E-state index contributed by atoms with van der Waals surface area (Å²) in [5.74, 6) is 2.45. The topological polar surface area (TPSA) is 51.4 Å². The van der Waals surface area contributed by atoms with Crippen molar-refractivity contribution in [2.45, 2.75) is 46.0 Å². The van der Waals surface area contributed by atoms with Gasteiger partial charge in [-0.15, -0.1) is 0 Å². The first-order valence-corrected chi connectivity index (χ1v) is 7.88. The van der Waals surface area contributed by atoms with Gasteiger partial charge >= 0.3 is 0 Å². The molecule has 0 spiro atoms. The van der Waals surface area contributed by atoms with Crippen LogP contribution in [0.3, 0.4) is 0 Å². The van der Waals surface area contributed by atoms with E-state index < -0.39 is 0 Å². The minimum absolute atomic E-state index is 0.584. The standard InChI is InChI=1S/C16H27N3O/c1-3-12-20-16-14(17)7-8-15(18-16)19-10-5-6-13(4-2)9-11-19/h7-8,13H,3-6,9-12,17H2,1-2H3. The predicted molar refractivity (Wildman–Crippen MR) is 84.3 cm³/mol. The van der Waals surface area contributed by atoms with E-state index in [0.29, 0.717) is 18.2 Å². The van der Waals surface area contributed by atoms with Gasteiger partial charge in [-0.05, 0) is 43.7 Å². The molecule has 1 unspecified atom stereocenters. The minimum Gasteiger partial charge on any atom is -0.476 e. The van der Waals surface area contributed by atoms with Crippen molar-refractivity contribution in [3.8, 4) is 5.88 Å². The number of pyridine rings is 1. The van der Waals surface area contributed by atoms with Crippen LogP contribution in [-0.4, -0.2) is 24.7 Å². The molecule has 0 aromatic carbocycles. The molecule has 1 atom stereocenters. The lowest BCUT2D eigenvalue weighted by atomic mass is 9.98. The molecule has 1 saturated heterocycles. The SMILES string of the molecule is CCCOc1nc(N2CCCC(CC)CC2)ccc1N. The molecule has 2 rings (SSSR count). The van der Waals surface area contributed by atoms with Gasteiger partial charge in [0.1, 0.15) is 5.82 Å². The van der Waals surface area contributed by atoms with Gasteiger partial charge in [-0.25, -0.2) is 0 Å². The van der Waals surface area contributed by atoms with Gasteiger partial charge in [0.15, 0.2) is 0 Å². The fraction of sp³-hybridized carbons (Fsp3) is 0.688. The van der Waals surface area contributed by atoms with Crippen molar-refractivity contribution in [2.24, 2.45) is 5.92 Å². The first kappa shape index (κ1) is 14.9. The zero-order valence-electron chi connectivity index (χ0n) is 12.8. The summed E-state index contributed by atoms with van der Waals surface area (Å²) in [4.78, 5) is 6.97. The Morgan fingerprint density at radius 2 is 2.15 bits per heavy atom. The highest BCUT2D eigenvalue weighted by Crippen LogP contribution is 2.27. The van der Waals surface area contributed by atoms with Crippen LogP contribution in [0, 0.1) is 5.92 Å². The average molecular weight is 277 g/mol. The number of hydrogen-bond acceptors (Lipinski definition) is 4. The zero-order chi connectivity index (χ0) is 14.4. The number of nitrogens with two attached hydrogens (primary N) is 1. The van der Waals surface area contributed by atoms with Gasteiger partial charge in [-0.1, -0.05) is 20.3 Å². The van der Waals surface area contributed by atoms with Crippen molar-refractivity contribution in [3.05, 3.63) is 12.1 Å². The lowest BCUT2D eigenvalue weighted by Gasteiger charge is -2.22. The van der Waals surface area contributed by atoms with Crippen LogP contribution in [0.4, 0.5) is 11.5 Å². The van der Waals surface area contributed by atoms with Gasteiger partial charge < -0.3 is 15.4 Å². The maximum absolute atomic E-state index is 5.93. The van der Waals surface area contributed by atoms with Gasteiger partial charge in [-0.2, -0.15) is 4.98 Å². The summed E-state index contributed by atoms with van der Waals surface area (Å²) in [6, 6.07) is 3.93. The van der Waals surface area contributed by atoms with Gasteiger partial charge in [0, 0.05) is 13.1 Å². The smallest absolute Gasteiger partial charge is 0.239 e. The molecule has 112 valence electrons. The van der Waals surface area contributed by atoms with E-state index in [1.54, 1.807) is 0 Å². The van der Waals surface area contributed by atoms with E-state index in [-0.39, 0.29) is 0 Å².